The van der Waals surface area contributed by atoms with Gasteiger partial charge in [0.2, 0.25) is 0 Å². The first kappa shape index (κ1) is 16.5. The first-order chi connectivity index (χ1) is 9.82. The summed E-state index contributed by atoms with van der Waals surface area (Å²) in [5.41, 5.74) is 9.54. The highest BCUT2D eigenvalue weighted by molar-refractivity contribution is 5.16. The second kappa shape index (κ2) is 6.48. The van der Waals surface area contributed by atoms with Gasteiger partial charge in [0.1, 0.15) is 0 Å². The molecule has 0 aliphatic heterocycles. The van der Waals surface area contributed by atoms with Gasteiger partial charge in [-0.15, -0.1) is 0 Å². The molecule has 1 fully saturated rings. The summed E-state index contributed by atoms with van der Waals surface area (Å²) >= 11 is 0. The molecule has 118 valence electrons. The first-order valence-electron chi connectivity index (χ1n) is 8.55. The Hall–Kier alpha value is -0.890. The van der Waals surface area contributed by atoms with Crippen molar-refractivity contribution in [2.75, 3.05) is 0 Å². The number of aromatic nitrogens is 1. The van der Waals surface area contributed by atoms with Crippen molar-refractivity contribution in [1.82, 2.24) is 4.98 Å². The van der Waals surface area contributed by atoms with E-state index in [1.165, 1.54) is 24.8 Å². The van der Waals surface area contributed by atoms with Gasteiger partial charge in [0.15, 0.2) is 0 Å². The summed E-state index contributed by atoms with van der Waals surface area (Å²) in [6.45, 7) is 9.27. The minimum absolute atomic E-state index is 0.0548. The Morgan fingerprint density at radius 3 is 2.57 bits per heavy atom. The molecular weight excluding hydrogens is 256 g/mol. The molecule has 2 rings (SSSR count). The van der Waals surface area contributed by atoms with Crippen LogP contribution in [0.25, 0.3) is 0 Å². The van der Waals surface area contributed by atoms with Crippen molar-refractivity contribution in [3.05, 3.63) is 29.6 Å². The summed E-state index contributed by atoms with van der Waals surface area (Å²) in [4.78, 5) is 4.61. The molecule has 0 spiro atoms. The first-order valence-corrected chi connectivity index (χ1v) is 8.55. The largest absolute Gasteiger partial charge is 0.325 e. The van der Waals surface area contributed by atoms with Crippen molar-refractivity contribution in [3.63, 3.8) is 0 Å². The molecule has 0 radical (unpaired) electrons. The van der Waals surface area contributed by atoms with E-state index in [1.54, 1.807) is 0 Å². The number of rotatable bonds is 3. The highest BCUT2D eigenvalue weighted by Crippen LogP contribution is 2.39. The average Bonchev–Trinajstić information content (AvgIpc) is 2.61. The van der Waals surface area contributed by atoms with Crippen LogP contribution in [0, 0.1) is 11.3 Å². The lowest BCUT2D eigenvalue weighted by atomic mass is 9.76. The molecule has 1 saturated carbocycles. The number of pyridine rings is 1. The standard InChI is InChI=1S/C19H32N2/c1-5-15-8-9-17(21-14-15)13-19(20)11-6-7-16(10-12-19)18(2,3)4/h8-9,14,16H,5-7,10-13,20H2,1-4H3. The van der Waals surface area contributed by atoms with Crippen LogP contribution < -0.4 is 5.73 Å². The van der Waals surface area contributed by atoms with E-state index in [0.717, 1.165) is 37.3 Å². The molecule has 21 heavy (non-hydrogen) atoms. The zero-order valence-electron chi connectivity index (χ0n) is 14.3. The zero-order valence-corrected chi connectivity index (χ0v) is 14.3. The van der Waals surface area contributed by atoms with Crippen LogP contribution in [0.1, 0.15) is 71.1 Å². The Kier molecular flexibility index (Phi) is 5.08. The molecule has 1 aliphatic rings. The number of nitrogens with two attached hydrogens (primary N) is 1. The monoisotopic (exact) mass is 288 g/mol. The molecule has 1 aromatic rings. The van der Waals surface area contributed by atoms with Gasteiger partial charge >= 0.3 is 0 Å². The van der Waals surface area contributed by atoms with Crippen LogP contribution in [0.5, 0.6) is 0 Å². The van der Waals surface area contributed by atoms with E-state index in [1.807, 2.05) is 6.20 Å². The van der Waals surface area contributed by atoms with Gasteiger partial charge in [0, 0.05) is 23.9 Å². The maximum Gasteiger partial charge on any atom is 0.0422 e. The molecule has 2 unspecified atom stereocenters. The highest BCUT2D eigenvalue weighted by Gasteiger charge is 2.33. The van der Waals surface area contributed by atoms with Gasteiger partial charge in [-0.05, 0) is 55.1 Å². The SMILES string of the molecule is CCc1ccc(CC2(N)CCCC(C(C)(C)C)CC2)nc1. The van der Waals surface area contributed by atoms with Crippen LogP contribution >= 0.6 is 0 Å². The molecule has 0 amide bonds. The van der Waals surface area contributed by atoms with E-state index in [4.69, 9.17) is 5.73 Å². The topological polar surface area (TPSA) is 38.9 Å². The fourth-order valence-electron chi connectivity index (χ4n) is 3.60. The van der Waals surface area contributed by atoms with E-state index < -0.39 is 0 Å². The zero-order chi connectivity index (χ0) is 15.5. The Morgan fingerprint density at radius 1 is 1.24 bits per heavy atom. The lowest BCUT2D eigenvalue weighted by molar-refractivity contribution is 0.210. The molecule has 1 heterocycles. The van der Waals surface area contributed by atoms with Gasteiger partial charge in [0.25, 0.3) is 0 Å². The smallest absolute Gasteiger partial charge is 0.0422 e. The summed E-state index contributed by atoms with van der Waals surface area (Å²) < 4.78 is 0. The fourth-order valence-corrected chi connectivity index (χ4v) is 3.60. The summed E-state index contributed by atoms with van der Waals surface area (Å²) in [5, 5.41) is 0. The molecular formula is C19H32N2. The molecule has 2 N–H and O–H groups in total. The number of nitrogens with zero attached hydrogens (tertiary/aromatic N) is 1. The van der Waals surface area contributed by atoms with Crippen LogP contribution in [0.15, 0.2) is 18.3 Å². The van der Waals surface area contributed by atoms with E-state index in [-0.39, 0.29) is 5.54 Å². The number of aryl methyl sites for hydroxylation is 1. The summed E-state index contributed by atoms with van der Waals surface area (Å²) in [7, 11) is 0. The second-order valence-electron chi connectivity index (χ2n) is 8.04. The van der Waals surface area contributed by atoms with Gasteiger partial charge in [-0.25, -0.2) is 0 Å². The molecule has 2 nitrogen and oxygen atoms in total. The van der Waals surface area contributed by atoms with Crippen LogP contribution in [0.2, 0.25) is 0 Å². The van der Waals surface area contributed by atoms with Crippen molar-refractivity contribution in [3.8, 4) is 0 Å². The lowest BCUT2D eigenvalue weighted by Gasteiger charge is -2.31. The summed E-state index contributed by atoms with van der Waals surface area (Å²) in [6, 6.07) is 4.36. The molecule has 0 saturated heterocycles. The third-order valence-corrected chi connectivity index (χ3v) is 5.27. The maximum absolute atomic E-state index is 6.73. The lowest BCUT2D eigenvalue weighted by Crippen LogP contribution is -2.42. The van der Waals surface area contributed by atoms with Crippen LogP contribution in [-0.2, 0) is 12.8 Å². The Balaban J connectivity index is 2.01. The predicted octanol–water partition coefficient (Wildman–Crippen LogP) is 4.51. The predicted molar refractivity (Wildman–Crippen MR) is 90.3 cm³/mol. The van der Waals surface area contributed by atoms with Crippen LogP contribution in [-0.4, -0.2) is 10.5 Å². The van der Waals surface area contributed by atoms with Crippen molar-refractivity contribution in [2.24, 2.45) is 17.1 Å². The van der Waals surface area contributed by atoms with Gasteiger partial charge in [-0.3, -0.25) is 4.98 Å². The van der Waals surface area contributed by atoms with Gasteiger partial charge < -0.3 is 5.73 Å². The molecule has 0 bridgehead atoms. The van der Waals surface area contributed by atoms with Gasteiger partial charge in [0.05, 0.1) is 0 Å². The summed E-state index contributed by atoms with van der Waals surface area (Å²) in [6.07, 6.45) is 10.1. The summed E-state index contributed by atoms with van der Waals surface area (Å²) in [5.74, 6) is 0.804. The second-order valence-corrected chi connectivity index (χ2v) is 8.04. The Bertz CT molecular complexity index is 444. The fraction of sp³-hybridized carbons (Fsp3) is 0.737. The van der Waals surface area contributed by atoms with E-state index in [2.05, 4.69) is 44.8 Å². The molecule has 2 heteroatoms. The van der Waals surface area contributed by atoms with E-state index in [9.17, 15) is 0 Å². The van der Waals surface area contributed by atoms with Crippen molar-refractivity contribution < 1.29 is 0 Å². The van der Waals surface area contributed by atoms with Crippen LogP contribution in [0.3, 0.4) is 0 Å². The van der Waals surface area contributed by atoms with E-state index >= 15 is 0 Å². The maximum atomic E-state index is 6.73. The molecule has 1 aliphatic carbocycles. The molecule has 0 aromatic carbocycles. The van der Waals surface area contributed by atoms with E-state index in [0.29, 0.717) is 5.41 Å². The van der Waals surface area contributed by atoms with Crippen molar-refractivity contribution >= 4 is 0 Å². The molecule has 2 atom stereocenters. The van der Waals surface area contributed by atoms with Gasteiger partial charge in [-0.2, -0.15) is 0 Å². The highest BCUT2D eigenvalue weighted by atomic mass is 14.8. The van der Waals surface area contributed by atoms with Crippen molar-refractivity contribution in [1.29, 1.82) is 0 Å². The third-order valence-electron chi connectivity index (χ3n) is 5.27. The van der Waals surface area contributed by atoms with Gasteiger partial charge in [-0.1, -0.05) is 40.2 Å². The van der Waals surface area contributed by atoms with Crippen molar-refractivity contribution in [2.45, 2.75) is 78.2 Å². The minimum atomic E-state index is -0.0548. The molecule has 1 aromatic heterocycles. The average molecular weight is 288 g/mol. The Labute approximate surface area is 130 Å². The Morgan fingerprint density at radius 2 is 2.00 bits per heavy atom. The number of hydrogen-bond acceptors (Lipinski definition) is 2. The normalized spacial score (nSPS) is 27.4. The number of hydrogen-bond donors (Lipinski definition) is 1. The minimum Gasteiger partial charge on any atom is -0.325 e. The van der Waals surface area contributed by atoms with Crippen LogP contribution in [0.4, 0.5) is 0 Å². The third kappa shape index (κ3) is 4.54. The quantitative estimate of drug-likeness (QED) is 0.831.